The van der Waals surface area contributed by atoms with E-state index in [0.717, 1.165) is 39.3 Å². The van der Waals surface area contributed by atoms with Gasteiger partial charge in [0.25, 0.3) is 0 Å². The maximum absolute atomic E-state index is 3.28. The van der Waals surface area contributed by atoms with Crippen LogP contribution in [0.25, 0.3) is 0 Å². The molecule has 5 heteroatoms. The molecule has 0 aromatic heterocycles. The first kappa shape index (κ1) is 23.7. The zero-order chi connectivity index (χ0) is 18.2. The molecule has 0 aromatic carbocycles. The van der Waals surface area contributed by atoms with Crippen molar-refractivity contribution in [1.82, 2.24) is 11.6 Å². The second-order valence-electron chi connectivity index (χ2n) is 6.71. The molecule has 0 aliphatic rings. The van der Waals surface area contributed by atoms with Gasteiger partial charge in [-0.3, -0.25) is 0 Å². The molecule has 0 spiro atoms. The van der Waals surface area contributed by atoms with Gasteiger partial charge in [0.1, 0.15) is 0 Å². The molecule has 4 nitrogen and oxygen atoms in total. The molecule has 0 amide bonds. The minimum absolute atomic E-state index is 0.582. The van der Waals surface area contributed by atoms with E-state index in [1.54, 1.807) is 0 Å². The van der Waals surface area contributed by atoms with E-state index in [2.05, 4.69) is 80.8 Å². The van der Waals surface area contributed by atoms with E-state index < -0.39 is 21.1 Å². The van der Waals surface area contributed by atoms with Crippen LogP contribution in [0.4, 0.5) is 0 Å². The van der Waals surface area contributed by atoms with E-state index in [0.29, 0.717) is 12.1 Å². The molecule has 0 radical (unpaired) electrons. The molecule has 0 saturated heterocycles. The summed E-state index contributed by atoms with van der Waals surface area (Å²) < 4.78 is 11.5. The Morgan fingerprint density at radius 1 is 0.522 bits per heavy atom. The van der Waals surface area contributed by atoms with Gasteiger partial charge >= 0.3 is 153 Å². The van der Waals surface area contributed by atoms with Crippen LogP contribution >= 0.6 is 0 Å². The van der Waals surface area contributed by atoms with E-state index in [-0.39, 0.29) is 0 Å². The Kier molecular flexibility index (Phi) is 11.7. The summed E-state index contributed by atoms with van der Waals surface area (Å²) in [6, 6.07) is 1.16. The predicted octanol–water partition coefficient (Wildman–Crippen LogP) is 3.94. The molecule has 0 saturated carbocycles. The van der Waals surface area contributed by atoms with Crippen LogP contribution in [-0.4, -0.2) is 62.9 Å². The van der Waals surface area contributed by atoms with Crippen LogP contribution in [0.3, 0.4) is 0 Å². The zero-order valence-electron chi connectivity index (χ0n) is 17.7. The monoisotopic (exact) mass is 496 g/mol. The fourth-order valence-electron chi connectivity index (χ4n) is 4.32. The third-order valence-electron chi connectivity index (χ3n) is 5.02. The van der Waals surface area contributed by atoms with Crippen molar-refractivity contribution in [2.45, 2.75) is 81.3 Å². The predicted molar refractivity (Wildman–Crippen MR) is 101 cm³/mol. The summed E-state index contributed by atoms with van der Waals surface area (Å²) in [7, 11) is 0. The first-order valence-electron chi connectivity index (χ1n) is 9.86. The molecule has 0 unspecified atom stereocenters. The molecule has 0 aliphatic heterocycles. The fourth-order valence-corrected chi connectivity index (χ4v) is 26.3. The number of rotatable bonds is 12. The van der Waals surface area contributed by atoms with Gasteiger partial charge in [-0.05, 0) is 0 Å². The van der Waals surface area contributed by atoms with Gasteiger partial charge < -0.3 is 0 Å². The first-order chi connectivity index (χ1) is 10.8. The number of nitrogens with zero attached hydrogens (tertiary/aromatic N) is 4. The average molecular weight is 495 g/mol. The minimum atomic E-state index is -3.28. The molecule has 0 atom stereocenters. The summed E-state index contributed by atoms with van der Waals surface area (Å²) in [4.78, 5) is 0. The van der Waals surface area contributed by atoms with Gasteiger partial charge in [0, 0.05) is 0 Å². The molecule has 0 aliphatic carbocycles. The summed E-state index contributed by atoms with van der Waals surface area (Å²) >= 11 is -3.28. The molecule has 0 fully saturated rings. The normalized spacial score (nSPS) is 13.6. The Morgan fingerprint density at radius 2 is 0.739 bits per heavy atom. The van der Waals surface area contributed by atoms with Crippen LogP contribution in [0.5, 0.6) is 0 Å². The van der Waals surface area contributed by atoms with Crippen molar-refractivity contribution in [2.24, 2.45) is 0 Å². The molecule has 23 heavy (non-hydrogen) atoms. The third kappa shape index (κ3) is 4.87. The third-order valence-corrected chi connectivity index (χ3v) is 27.2. The zero-order valence-corrected chi connectivity index (χ0v) is 21.3. The van der Waals surface area contributed by atoms with Crippen LogP contribution in [-0.2, 0) is 21.1 Å². The molecule has 0 aromatic rings. The van der Waals surface area contributed by atoms with Crippen molar-refractivity contribution in [1.29, 1.82) is 0 Å². The van der Waals surface area contributed by atoms with E-state index in [1.165, 1.54) is 0 Å². The average Bonchev–Trinajstić information content (AvgIpc) is 2.49. The van der Waals surface area contributed by atoms with Gasteiger partial charge in [-0.25, -0.2) is 0 Å². The van der Waals surface area contributed by atoms with Crippen molar-refractivity contribution in [3.8, 4) is 0 Å². The summed E-state index contributed by atoms with van der Waals surface area (Å²) in [5.41, 5.74) is 0. The second kappa shape index (κ2) is 11.3. The Labute approximate surface area is 153 Å². The maximum atomic E-state index is 2.93. The number of hydrogen-bond acceptors (Lipinski definition) is 4. The van der Waals surface area contributed by atoms with Crippen molar-refractivity contribution in [3.05, 3.63) is 0 Å². The summed E-state index contributed by atoms with van der Waals surface area (Å²) in [6.07, 6.45) is 0. The second-order valence-corrected chi connectivity index (χ2v) is 19.7. The Balaban J connectivity index is 6.54. The van der Waals surface area contributed by atoms with Gasteiger partial charge in [0.05, 0.1) is 0 Å². The first-order valence-corrected chi connectivity index (χ1v) is 16.3. The van der Waals surface area contributed by atoms with Crippen LogP contribution in [0.1, 0.15) is 69.2 Å². The van der Waals surface area contributed by atoms with Gasteiger partial charge in [-0.15, -0.1) is 0 Å². The molecular formula is C18H44HfN4. The summed E-state index contributed by atoms with van der Waals surface area (Å²) in [6.45, 7) is 30.6. The van der Waals surface area contributed by atoms with Crippen LogP contribution in [0.2, 0.25) is 0 Å². The standard InChI is InChI=1S/C6H14N.3C4H10N.Hf/c1-5(2)7-6(3)4;3*1-3-5-4-2;/h5-6H,1-4H3;3*3-4H2,1-2H3;/q4*-1;+4. The van der Waals surface area contributed by atoms with Crippen LogP contribution in [0.15, 0.2) is 0 Å². The molecule has 0 rings (SSSR count). The fraction of sp³-hybridized carbons (Fsp3) is 1.00. The SMILES string of the molecule is CC[N](CC)[Hf]([N](CC)CC)([N](CC)CC)[N](C(C)C)C(C)C. The van der Waals surface area contributed by atoms with Crippen LogP contribution in [0, 0.1) is 0 Å². The van der Waals surface area contributed by atoms with E-state index in [1.807, 2.05) is 0 Å². The van der Waals surface area contributed by atoms with E-state index in [9.17, 15) is 0 Å². The Morgan fingerprint density at radius 3 is 0.870 bits per heavy atom. The molecule has 0 N–H and O–H groups in total. The summed E-state index contributed by atoms with van der Waals surface area (Å²) in [5.74, 6) is 0. The Bertz CT molecular complexity index is 258. The van der Waals surface area contributed by atoms with Gasteiger partial charge in [-0.1, -0.05) is 0 Å². The van der Waals surface area contributed by atoms with E-state index >= 15 is 0 Å². The van der Waals surface area contributed by atoms with Crippen molar-refractivity contribution in [3.63, 3.8) is 0 Å². The van der Waals surface area contributed by atoms with Crippen molar-refractivity contribution >= 4 is 0 Å². The van der Waals surface area contributed by atoms with E-state index in [4.69, 9.17) is 0 Å². The van der Waals surface area contributed by atoms with Crippen LogP contribution < -0.4 is 0 Å². The van der Waals surface area contributed by atoms with Crippen molar-refractivity contribution in [2.75, 3.05) is 39.3 Å². The van der Waals surface area contributed by atoms with Gasteiger partial charge in [0.2, 0.25) is 0 Å². The molecule has 0 bridgehead atoms. The molecular weight excluding hydrogens is 451 g/mol. The molecule has 0 heterocycles. The van der Waals surface area contributed by atoms with Gasteiger partial charge in [-0.2, -0.15) is 0 Å². The number of hydrogen-bond donors (Lipinski definition) is 0. The summed E-state index contributed by atoms with van der Waals surface area (Å²) in [5, 5.41) is 0. The Hall–Kier alpha value is 0.710. The molecule has 140 valence electrons. The topological polar surface area (TPSA) is 13.0 Å². The van der Waals surface area contributed by atoms with Gasteiger partial charge in [0.15, 0.2) is 0 Å². The quantitative estimate of drug-likeness (QED) is 0.381. The van der Waals surface area contributed by atoms with Crippen molar-refractivity contribution < 1.29 is 21.1 Å².